The molecule has 1 heterocycles. The van der Waals surface area contributed by atoms with E-state index in [-0.39, 0.29) is 0 Å². The number of aliphatic hydroxyl groups excluding tert-OH is 1. The number of hydrogen-bond acceptors (Lipinski definition) is 4. The summed E-state index contributed by atoms with van der Waals surface area (Å²) in [5.41, 5.74) is 1.53. The number of rotatable bonds is 4. The van der Waals surface area contributed by atoms with Crippen molar-refractivity contribution in [3.05, 3.63) is 41.7 Å². The van der Waals surface area contributed by atoms with Crippen molar-refractivity contribution in [1.82, 2.24) is 15.0 Å². The van der Waals surface area contributed by atoms with Gasteiger partial charge in [0.15, 0.2) is 0 Å². The number of aryl methyl sites for hydroxylation is 1. The van der Waals surface area contributed by atoms with Crippen LogP contribution in [0.25, 0.3) is 0 Å². The second kappa shape index (κ2) is 4.97. The van der Waals surface area contributed by atoms with Crippen molar-refractivity contribution in [3.63, 3.8) is 0 Å². The number of hydrogen-bond donors (Lipinski definition) is 1. The molecule has 5 nitrogen and oxygen atoms in total. The number of aromatic nitrogens is 3. The van der Waals surface area contributed by atoms with Crippen LogP contribution in [0, 0.1) is 0 Å². The van der Waals surface area contributed by atoms with Gasteiger partial charge in [-0.3, -0.25) is 4.68 Å². The lowest BCUT2D eigenvalue weighted by Gasteiger charge is -2.12. The summed E-state index contributed by atoms with van der Waals surface area (Å²) in [6.45, 7) is 2.06. The lowest BCUT2D eigenvalue weighted by Crippen LogP contribution is -2.01. The van der Waals surface area contributed by atoms with Crippen LogP contribution in [0.1, 0.15) is 24.3 Å². The first-order valence-electron chi connectivity index (χ1n) is 5.42. The maximum absolute atomic E-state index is 9.59. The van der Waals surface area contributed by atoms with Gasteiger partial charge in [0.1, 0.15) is 18.1 Å². The molecule has 1 atom stereocenters. The van der Waals surface area contributed by atoms with Crippen molar-refractivity contribution in [2.75, 3.05) is 0 Å². The summed E-state index contributed by atoms with van der Waals surface area (Å²) in [7, 11) is 1.81. The van der Waals surface area contributed by atoms with Gasteiger partial charge < -0.3 is 9.84 Å². The summed E-state index contributed by atoms with van der Waals surface area (Å²) >= 11 is 0. The zero-order chi connectivity index (χ0) is 12.3. The fourth-order valence-electron chi connectivity index (χ4n) is 1.57. The second-order valence-electron chi connectivity index (χ2n) is 3.89. The topological polar surface area (TPSA) is 60.2 Å². The van der Waals surface area contributed by atoms with E-state index in [4.69, 9.17) is 4.74 Å². The maximum Gasteiger partial charge on any atom is 0.134 e. The highest BCUT2D eigenvalue weighted by molar-refractivity contribution is 5.34. The van der Waals surface area contributed by atoms with Crippen molar-refractivity contribution in [2.24, 2.45) is 7.05 Å². The number of nitrogens with zero attached hydrogens (tertiary/aromatic N) is 3. The first-order chi connectivity index (χ1) is 8.16. The summed E-state index contributed by atoms with van der Waals surface area (Å²) in [6, 6.07) is 7.42. The van der Waals surface area contributed by atoms with Crippen LogP contribution in [0.2, 0.25) is 0 Å². The van der Waals surface area contributed by atoms with Gasteiger partial charge in [0.25, 0.3) is 0 Å². The average molecular weight is 233 g/mol. The molecule has 0 fully saturated rings. The van der Waals surface area contributed by atoms with E-state index in [0.717, 1.165) is 11.3 Å². The van der Waals surface area contributed by atoms with E-state index in [9.17, 15) is 5.11 Å². The largest absolute Gasteiger partial charge is 0.487 e. The Labute approximate surface area is 99.7 Å². The third kappa shape index (κ3) is 2.82. The molecule has 2 aromatic rings. The third-order valence-corrected chi connectivity index (χ3v) is 2.39. The van der Waals surface area contributed by atoms with E-state index in [1.165, 1.54) is 0 Å². The zero-order valence-corrected chi connectivity index (χ0v) is 9.87. The number of benzene rings is 1. The monoisotopic (exact) mass is 233 g/mol. The van der Waals surface area contributed by atoms with Gasteiger partial charge in [-0.25, -0.2) is 0 Å². The molecule has 0 aliphatic heterocycles. The second-order valence-corrected chi connectivity index (χ2v) is 3.89. The van der Waals surface area contributed by atoms with Gasteiger partial charge in [-0.15, -0.1) is 5.10 Å². The molecule has 0 unspecified atom stereocenters. The molecule has 5 heteroatoms. The molecule has 1 N–H and O–H groups in total. The quantitative estimate of drug-likeness (QED) is 0.868. The number of aliphatic hydroxyl groups is 1. The van der Waals surface area contributed by atoms with E-state index in [1.807, 2.05) is 24.3 Å². The molecule has 17 heavy (non-hydrogen) atoms. The van der Waals surface area contributed by atoms with Gasteiger partial charge in [0.2, 0.25) is 0 Å². The number of para-hydroxylation sites is 1. The zero-order valence-electron chi connectivity index (χ0n) is 9.87. The van der Waals surface area contributed by atoms with Gasteiger partial charge in [0.05, 0.1) is 12.3 Å². The molecule has 0 saturated heterocycles. The van der Waals surface area contributed by atoms with E-state index >= 15 is 0 Å². The van der Waals surface area contributed by atoms with Crippen molar-refractivity contribution < 1.29 is 9.84 Å². The highest BCUT2D eigenvalue weighted by Gasteiger charge is 2.08. The van der Waals surface area contributed by atoms with Gasteiger partial charge >= 0.3 is 0 Å². The van der Waals surface area contributed by atoms with Crippen LogP contribution in [0.3, 0.4) is 0 Å². The van der Waals surface area contributed by atoms with E-state index in [2.05, 4.69) is 10.3 Å². The smallest absolute Gasteiger partial charge is 0.134 e. The van der Waals surface area contributed by atoms with Crippen molar-refractivity contribution in [1.29, 1.82) is 0 Å². The van der Waals surface area contributed by atoms with Crippen LogP contribution < -0.4 is 4.74 Å². The van der Waals surface area contributed by atoms with Crippen LogP contribution in [0.4, 0.5) is 0 Å². The Kier molecular flexibility index (Phi) is 3.39. The Morgan fingerprint density at radius 2 is 2.18 bits per heavy atom. The third-order valence-electron chi connectivity index (χ3n) is 2.39. The summed E-state index contributed by atoms with van der Waals surface area (Å²) in [6.07, 6.45) is 1.25. The van der Waals surface area contributed by atoms with Gasteiger partial charge in [-0.2, -0.15) is 0 Å². The first kappa shape index (κ1) is 11.6. The number of ether oxygens (including phenoxy) is 1. The molecular weight excluding hydrogens is 218 g/mol. The standard InChI is InChI=1S/C12H15N3O2/c1-9(16)11-5-3-4-6-12(11)17-8-10-7-15(2)14-13-10/h3-7,9,16H,8H2,1-2H3/t9-/m1/s1. The Morgan fingerprint density at radius 3 is 2.82 bits per heavy atom. The van der Waals surface area contributed by atoms with Crippen LogP contribution >= 0.6 is 0 Å². The SMILES string of the molecule is C[C@@H](O)c1ccccc1OCc1cn(C)nn1. The van der Waals surface area contributed by atoms with Crippen molar-refractivity contribution in [2.45, 2.75) is 19.6 Å². The van der Waals surface area contributed by atoms with Crippen molar-refractivity contribution >= 4 is 0 Å². The fraction of sp³-hybridized carbons (Fsp3) is 0.333. The Balaban J connectivity index is 2.08. The highest BCUT2D eigenvalue weighted by atomic mass is 16.5. The van der Waals surface area contributed by atoms with E-state index in [1.54, 1.807) is 24.9 Å². The molecule has 0 spiro atoms. The molecule has 90 valence electrons. The van der Waals surface area contributed by atoms with Gasteiger partial charge in [-0.1, -0.05) is 23.4 Å². The van der Waals surface area contributed by atoms with Gasteiger partial charge in [-0.05, 0) is 13.0 Å². The lowest BCUT2D eigenvalue weighted by molar-refractivity contribution is 0.190. The minimum Gasteiger partial charge on any atom is -0.487 e. The molecule has 0 amide bonds. The van der Waals surface area contributed by atoms with Crippen LogP contribution in [-0.2, 0) is 13.7 Å². The summed E-state index contributed by atoms with van der Waals surface area (Å²) in [5, 5.41) is 17.3. The van der Waals surface area contributed by atoms with Gasteiger partial charge in [0, 0.05) is 12.6 Å². The summed E-state index contributed by atoms with van der Waals surface area (Å²) < 4.78 is 7.25. The molecular formula is C12H15N3O2. The van der Waals surface area contributed by atoms with Crippen LogP contribution in [0.15, 0.2) is 30.5 Å². The Bertz CT molecular complexity index is 494. The summed E-state index contributed by atoms with van der Waals surface area (Å²) in [5.74, 6) is 0.674. The predicted octanol–water partition coefficient (Wildman–Crippen LogP) is 1.45. The van der Waals surface area contributed by atoms with Crippen molar-refractivity contribution in [3.8, 4) is 5.75 Å². The van der Waals surface area contributed by atoms with E-state index in [0.29, 0.717) is 12.4 Å². The summed E-state index contributed by atoms with van der Waals surface area (Å²) in [4.78, 5) is 0. The molecule has 0 bridgehead atoms. The Morgan fingerprint density at radius 1 is 1.41 bits per heavy atom. The normalized spacial score (nSPS) is 12.4. The predicted molar refractivity (Wildman–Crippen MR) is 62.4 cm³/mol. The average Bonchev–Trinajstić information content (AvgIpc) is 2.73. The molecule has 1 aromatic carbocycles. The Hall–Kier alpha value is -1.88. The molecule has 0 radical (unpaired) electrons. The molecule has 2 rings (SSSR count). The fourth-order valence-corrected chi connectivity index (χ4v) is 1.57. The highest BCUT2D eigenvalue weighted by Crippen LogP contribution is 2.24. The van der Waals surface area contributed by atoms with Crippen LogP contribution in [0.5, 0.6) is 5.75 Å². The lowest BCUT2D eigenvalue weighted by atomic mass is 10.1. The first-order valence-corrected chi connectivity index (χ1v) is 5.42. The van der Waals surface area contributed by atoms with Crippen LogP contribution in [-0.4, -0.2) is 20.1 Å². The van der Waals surface area contributed by atoms with E-state index < -0.39 is 6.10 Å². The molecule has 0 saturated carbocycles. The minimum absolute atomic E-state index is 0.345. The molecule has 0 aliphatic carbocycles. The maximum atomic E-state index is 9.59. The minimum atomic E-state index is -0.548. The molecule has 0 aliphatic rings. The molecule has 1 aromatic heterocycles.